The second-order valence-electron chi connectivity index (χ2n) is 3.94. The van der Waals surface area contributed by atoms with Crippen molar-refractivity contribution in [2.45, 2.75) is 31.2 Å². The lowest BCUT2D eigenvalue weighted by atomic mass is 10.3. The number of hydrogen-bond donors (Lipinski definition) is 1. The number of nitrogens with one attached hydrogen (secondary N) is 1. The monoisotopic (exact) mass is 291 g/mol. The van der Waals surface area contributed by atoms with Gasteiger partial charge in [0.05, 0.1) is 0 Å². The third kappa shape index (κ3) is 4.59. The minimum Gasteiger partial charge on any atom is -0.208 e. The summed E-state index contributed by atoms with van der Waals surface area (Å²) in [7, 11) is -3.76. The van der Waals surface area contributed by atoms with Crippen LogP contribution in [0.2, 0.25) is 0 Å². The Balaban J connectivity index is 2.68. The molecule has 0 aromatic heterocycles. The third-order valence-corrected chi connectivity index (χ3v) is 4.94. The molecule has 3 nitrogen and oxygen atoms in total. The molecular formula is C12H18FNO2S2. The van der Waals surface area contributed by atoms with Gasteiger partial charge < -0.3 is 0 Å². The van der Waals surface area contributed by atoms with E-state index in [-0.39, 0.29) is 10.9 Å². The topological polar surface area (TPSA) is 46.2 Å². The van der Waals surface area contributed by atoms with E-state index in [2.05, 4.69) is 11.6 Å². The quantitative estimate of drug-likeness (QED) is 0.786. The van der Waals surface area contributed by atoms with E-state index in [0.29, 0.717) is 0 Å². The van der Waals surface area contributed by atoms with Gasteiger partial charge >= 0.3 is 0 Å². The van der Waals surface area contributed by atoms with Crippen molar-refractivity contribution < 1.29 is 12.8 Å². The normalized spacial score (nSPS) is 13.5. The highest BCUT2D eigenvalue weighted by Crippen LogP contribution is 2.14. The maximum absolute atomic E-state index is 13.4. The van der Waals surface area contributed by atoms with Crippen molar-refractivity contribution >= 4 is 21.8 Å². The van der Waals surface area contributed by atoms with Crippen molar-refractivity contribution in [1.82, 2.24) is 4.72 Å². The second-order valence-corrected chi connectivity index (χ2v) is 7.01. The van der Waals surface area contributed by atoms with Crippen LogP contribution in [0, 0.1) is 5.82 Å². The molecule has 1 rings (SSSR count). The van der Waals surface area contributed by atoms with Crippen LogP contribution in [-0.4, -0.2) is 26.0 Å². The zero-order chi connectivity index (χ0) is 13.6. The first-order valence-electron chi connectivity index (χ1n) is 5.82. The molecule has 0 amide bonds. The van der Waals surface area contributed by atoms with Gasteiger partial charge in [-0.15, -0.1) is 0 Å². The Morgan fingerprint density at radius 1 is 1.39 bits per heavy atom. The lowest BCUT2D eigenvalue weighted by Crippen LogP contribution is -2.33. The van der Waals surface area contributed by atoms with Gasteiger partial charge in [0.1, 0.15) is 10.7 Å². The fourth-order valence-corrected chi connectivity index (χ4v) is 3.62. The fraction of sp³-hybridized carbons (Fsp3) is 0.500. The molecule has 1 atom stereocenters. The van der Waals surface area contributed by atoms with Crippen molar-refractivity contribution in [2.75, 3.05) is 11.5 Å². The van der Waals surface area contributed by atoms with Crippen LogP contribution in [0.25, 0.3) is 0 Å². The molecule has 0 aliphatic carbocycles. The van der Waals surface area contributed by atoms with Gasteiger partial charge in [-0.1, -0.05) is 19.1 Å². The van der Waals surface area contributed by atoms with Crippen LogP contribution in [0.4, 0.5) is 4.39 Å². The summed E-state index contributed by atoms with van der Waals surface area (Å²) in [4.78, 5) is -0.292. The predicted octanol–water partition coefficient (Wildman–Crippen LogP) is 2.64. The fourth-order valence-electron chi connectivity index (χ4n) is 1.45. The Bertz CT molecular complexity index is 477. The van der Waals surface area contributed by atoms with Crippen molar-refractivity contribution in [3.63, 3.8) is 0 Å². The smallest absolute Gasteiger partial charge is 0.208 e. The average molecular weight is 291 g/mol. The molecule has 102 valence electrons. The Labute approximate surface area is 112 Å². The molecule has 0 fully saturated rings. The minimum atomic E-state index is -3.76. The number of hydrogen-bond acceptors (Lipinski definition) is 3. The second kappa shape index (κ2) is 7.11. The van der Waals surface area contributed by atoms with Crippen LogP contribution in [-0.2, 0) is 10.0 Å². The van der Waals surface area contributed by atoms with Crippen LogP contribution in [0.1, 0.15) is 20.3 Å². The Kier molecular flexibility index (Phi) is 6.11. The molecule has 0 bridgehead atoms. The minimum absolute atomic E-state index is 0.200. The third-order valence-electron chi connectivity index (χ3n) is 2.38. The molecule has 0 heterocycles. The highest BCUT2D eigenvalue weighted by molar-refractivity contribution is 7.99. The maximum atomic E-state index is 13.4. The Morgan fingerprint density at radius 2 is 2.06 bits per heavy atom. The summed E-state index contributed by atoms with van der Waals surface area (Å²) in [6.07, 6.45) is 0.728. The van der Waals surface area contributed by atoms with Gasteiger partial charge in [-0.05, 0) is 37.0 Å². The van der Waals surface area contributed by atoms with Crippen molar-refractivity contribution in [1.29, 1.82) is 0 Å². The molecule has 0 saturated heterocycles. The molecule has 1 N–H and O–H groups in total. The first-order chi connectivity index (χ1) is 8.47. The number of benzene rings is 1. The summed E-state index contributed by atoms with van der Waals surface area (Å²) < 4.78 is 39.8. The van der Waals surface area contributed by atoms with Crippen LogP contribution in [0.15, 0.2) is 29.2 Å². The zero-order valence-electron chi connectivity index (χ0n) is 10.5. The molecule has 0 saturated carbocycles. The number of thioether (sulfide) groups is 1. The molecule has 6 heteroatoms. The van der Waals surface area contributed by atoms with Crippen LogP contribution < -0.4 is 4.72 Å². The number of sulfonamides is 1. The molecule has 1 aromatic rings. The molecule has 0 aliphatic rings. The lowest BCUT2D eigenvalue weighted by molar-refractivity contribution is 0.540. The van der Waals surface area contributed by atoms with Gasteiger partial charge in [-0.2, -0.15) is 11.8 Å². The zero-order valence-corrected chi connectivity index (χ0v) is 12.2. The summed E-state index contributed by atoms with van der Waals surface area (Å²) in [5.74, 6) is 1.17. The standard InChI is InChI=1S/C12H18FNO2S2/c1-3-17-9-8-10(2)14-18(15,16)12-7-5-4-6-11(12)13/h4-7,10,14H,3,8-9H2,1-2H3. The van der Waals surface area contributed by atoms with Crippen molar-refractivity contribution in [3.8, 4) is 0 Å². The van der Waals surface area contributed by atoms with E-state index in [1.165, 1.54) is 18.2 Å². The predicted molar refractivity (Wildman–Crippen MR) is 73.8 cm³/mol. The summed E-state index contributed by atoms with van der Waals surface area (Å²) >= 11 is 1.75. The van der Waals surface area contributed by atoms with E-state index < -0.39 is 15.8 Å². The highest BCUT2D eigenvalue weighted by atomic mass is 32.2. The van der Waals surface area contributed by atoms with Gasteiger partial charge in [-0.25, -0.2) is 17.5 Å². The molecule has 1 aromatic carbocycles. The lowest BCUT2D eigenvalue weighted by Gasteiger charge is -2.14. The van der Waals surface area contributed by atoms with Gasteiger partial charge in [0.2, 0.25) is 10.0 Å². The van der Waals surface area contributed by atoms with E-state index in [0.717, 1.165) is 24.0 Å². The summed E-state index contributed by atoms with van der Waals surface area (Å²) in [5.41, 5.74) is 0. The molecule has 1 unspecified atom stereocenters. The van der Waals surface area contributed by atoms with E-state index in [9.17, 15) is 12.8 Å². The number of halogens is 1. The van der Waals surface area contributed by atoms with Crippen LogP contribution in [0.3, 0.4) is 0 Å². The first-order valence-corrected chi connectivity index (χ1v) is 8.45. The van der Waals surface area contributed by atoms with Gasteiger partial charge in [-0.3, -0.25) is 0 Å². The van der Waals surface area contributed by atoms with E-state index in [4.69, 9.17) is 0 Å². The van der Waals surface area contributed by atoms with E-state index >= 15 is 0 Å². The summed E-state index contributed by atoms with van der Waals surface area (Å²) in [5, 5.41) is 0. The Morgan fingerprint density at radius 3 is 2.67 bits per heavy atom. The largest absolute Gasteiger partial charge is 0.243 e. The van der Waals surface area contributed by atoms with Crippen LogP contribution in [0.5, 0.6) is 0 Å². The van der Waals surface area contributed by atoms with Crippen molar-refractivity contribution in [2.24, 2.45) is 0 Å². The SMILES string of the molecule is CCSCCC(C)NS(=O)(=O)c1ccccc1F. The number of rotatable bonds is 7. The molecule has 0 spiro atoms. The first kappa shape index (κ1) is 15.5. The Hall–Kier alpha value is -0.590. The molecule has 18 heavy (non-hydrogen) atoms. The summed E-state index contributed by atoms with van der Waals surface area (Å²) in [6.45, 7) is 3.84. The maximum Gasteiger partial charge on any atom is 0.243 e. The van der Waals surface area contributed by atoms with Crippen molar-refractivity contribution in [3.05, 3.63) is 30.1 Å². The average Bonchev–Trinajstić information content (AvgIpc) is 2.29. The van der Waals surface area contributed by atoms with Gasteiger partial charge in [0.15, 0.2) is 0 Å². The van der Waals surface area contributed by atoms with Gasteiger partial charge in [0.25, 0.3) is 0 Å². The van der Waals surface area contributed by atoms with Gasteiger partial charge in [0, 0.05) is 6.04 Å². The molecule has 0 aliphatic heterocycles. The van der Waals surface area contributed by atoms with E-state index in [1.807, 2.05) is 0 Å². The molecular weight excluding hydrogens is 273 g/mol. The highest BCUT2D eigenvalue weighted by Gasteiger charge is 2.20. The van der Waals surface area contributed by atoms with Crippen LogP contribution >= 0.6 is 11.8 Å². The molecule has 0 radical (unpaired) electrons. The summed E-state index contributed by atoms with van der Waals surface area (Å²) in [6, 6.07) is 5.19. The van der Waals surface area contributed by atoms with E-state index in [1.54, 1.807) is 18.7 Å².